The fourth-order valence-corrected chi connectivity index (χ4v) is 3.50. The first-order valence-electron chi connectivity index (χ1n) is 8.29. The molecule has 1 fully saturated rings. The third kappa shape index (κ3) is 7.23. The summed E-state index contributed by atoms with van der Waals surface area (Å²) in [5.41, 5.74) is 1.25. The number of carbonyl (C=O) groups excluding carboxylic acids is 1. The maximum atomic E-state index is 12.2. The van der Waals surface area contributed by atoms with Gasteiger partial charge in [0, 0.05) is 16.9 Å². The van der Waals surface area contributed by atoms with Crippen molar-refractivity contribution in [1.29, 1.82) is 0 Å². The third-order valence-electron chi connectivity index (χ3n) is 4.56. The molecular formula is C18H28BrClN2O. The number of nitrogens with one attached hydrogen (secondary N) is 2. The summed E-state index contributed by atoms with van der Waals surface area (Å²) in [4.78, 5) is 12.2. The Morgan fingerprint density at radius 1 is 1.26 bits per heavy atom. The van der Waals surface area contributed by atoms with Crippen LogP contribution in [0.2, 0.25) is 0 Å². The Hall–Kier alpha value is -0.580. The number of hydrogen-bond donors (Lipinski definition) is 2. The number of amides is 1. The number of piperidine rings is 1. The fourth-order valence-electron chi connectivity index (χ4n) is 3.23. The predicted molar refractivity (Wildman–Crippen MR) is 102 cm³/mol. The lowest BCUT2D eigenvalue weighted by atomic mass is 9.84. The molecule has 1 amide bonds. The zero-order valence-electron chi connectivity index (χ0n) is 14.0. The van der Waals surface area contributed by atoms with Crippen LogP contribution in [0, 0.1) is 11.8 Å². The van der Waals surface area contributed by atoms with Crippen LogP contribution in [0.15, 0.2) is 28.7 Å². The monoisotopic (exact) mass is 402 g/mol. The highest BCUT2D eigenvalue weighted by atomic mass is 79.9. The maximum absolute atomic E-state index is 12.2. The highest BCUT2D eigenvalue weighted by molar-refractivity contribution is 9.10. The summed E-state index contributed by atoms with van der Waals surface area (Å²) in [7, 11) is 0. The van der Waals surface area contributed by atoms with E-state index in [0.717, 1.165) is 24.0 Å². The average Bonchev–Trinajstić information content (AvgIpc) is 2.50. The van der Waals surface area contributed by atoms with E-state index in [2.05, 4.69) is 52.5 Å². The minimum absolute atomic E-state index is 0. The van der Waals surface area contributed by atoms with E-state index in [4.69, 9.17) is 0 Å². The van der Waals surface area contributed by atoms with Crippen molar-refractivity contribution in [3.05, 3.63) is 34.3 Å². The SMILES string of the molecule is CC(Cc1ccc(Br)cc1)NC(=O)CC(C)C1CCNCC1.Cl. The first-order valence-corrected chi connectivity index (χ1v) is 9.08. The molecule has 1 saturated heterocycles. The first kappa shape index (κ1) is 20.5. The number of halogens is 2. The zero-order valence-corrected chi connectivity index (χ0v) is 16.4. The van der Waals surface area contributed by atoms with Crippen LogP contribution in [-0.4, -0.2) is 25.0 Å². The Labute approximate surface area is 154 Å². The molecule has 2 unspecified atom stereocenters. The molecule has 1 aliphatic rings. The molecule has 0 saturated carbocycles. The molecule has 0 spiro atoms. The van der Waals surface area contributed by atoms with Crippen LogP contribution in [0.3, 0.4) is 0 Å². The van der Waals surface area contributed by atoms with Crippen molar-refractivity contribution in [2.75, 3.05) is 13.1 Å². The summed E-state index contributed by atoms with van der Waals surface area (Å²) >= 11 is 3.44. The summed E-state index contributed by atoms with van der Waals surface area (Å²) in [5.74, 6) is 1.35. The third-order valence-corrected chi connectivity index (χ3v) is 5.09. The van der Waals surface area contributed by atoms with Gasteiger partial charge in [0.25, 0.3) is 0 Å². The van der Waals surface area contributed by atoms with E-state index < -0.39 is 0 Å². The molecule has 0 radical (unpaired) electrons. The normalized spacial score (nSPS) is 17.9. The molecule has 130 valence electrons. The van der Waals surface area contributed by atoms with Gasteiger partial charge in [-0.15, -0.1) is 12.4 Å². The summed E-state index contributed by atoms with van der Waals surface area (Å²) in [6.07, 6.45) is 3.92. The Kier molecular flexibility index (Phi) is 9.18. The van der Waals surface area contributed by atoms with Crippen molar-refractivity contribution in [3.8, 4) is 0 Å². The molecule has 2 atom stereocenters. The lowest BCUT2D eigenvalue weighted by molar-refractivity contribution is -0.122. The second-order valence-electron chi connectivity index (χ2n) is 6.57. The smallest absolute Gasteiger partial charge is 0.220 e. The second-order valence-corrected chi connectivity index (χ2v) is 7.48. The molecule has 5 heteroatoms. The van der Waals surface area contributed by atoms with Crippen molar-refractivity contribution in [3.63, 3.8) is 0 Å². The van der Waals surface area contributed by atoms with Gasteiger partial charge in [0.15, 0.2) is 0 Å². The van der Waals surface area contributed by atoms with Crippen molar-refractivity contribution in [2.45, 2.75) is 45.6 Å². The Bertz CT molecular complexity index is 474. The minimum atomic E-state index is 0. The van der Waals surface area contributed by atoms with Gasteiger partial charge in [0.05, 0.1) is 0 Å². The average molecular weight is 404 g/mol. The van der Waals surface area contributed by atoms with Crippen LogP contribution in [0.25, 0.3) is 0 Å². The second kappa shape index (κ2) is 10.3. The summed E-state index contributed by atoms with van der Waals surface area (Å²) in [5, 5.41) is 6.53. The molecule has 0 bridgehead atoms. The van der Waals surface area contributed by atoms with Crippen LogP contribution in [-0.2, 0) is 11.2 Å². The molecule has 3 nitrogen and oxygen atoms in total. The van der Waals surface area contributed by atoms with Gasteiger partial charge in [0.2, 0.25) is 5.91 Å². The van der Waals surface area contributed by atoms with E-state index in [1.54, 1.807) is 0 Å². The molecular weight excluding hydrogens is 376 g/mol. The van der Waals surface area contributed by atoms with Gasteiger partial charge in [-0.05, 0) is 68.8 Å². The summed E-state index contributed by atoms with van der Waals surface area (Å²) < 4.78 is 1.09. The predicted octanol–water partition coefficient (Wildman–Crippen LogP) is 3.94. The molecule has 1 aromatic carbocycles. The Balaban J connectivity index is 0.00000264. The number of carbonyl (C=O) groups is 1. The molecule has 2 N–H and O–H groups in total. The minimum Gasteiger partial charge on any atom is -0.353 e. The van der Waals surface area contributed by atoms with Crippen LogP contribution >= 0.6 is 28.3 Å². The standard InChI is InChI=1S/C18H27BrN2O.ClH/c1-13(16-7-9-20-10-8-16)11-18(22)21-14(2)12-15-3-5-17(19)6-4-15;/h3-6,13-14,16,20H,7-12H2,1-2H3,(H,21,22);1H. The van der Waals surface area contributed by atoms with Crippen LogP contribution in [0.4, 0.5) is 0 Å². The van der Waals surface area contributed by atoms with E-state index >= 15 is 0 Å². The largest absolute Gasteiger partial charge is 0.353 e. The first-order chi connectivity index (χ1) is 10.5. The highest BCUT2D eigenvalue weighted by Gasteiger charge is 2.22. The van der Waals surface area contributed by atoms with Gasteiger partial charge < -0.3 is 10.6 Å². The van der Waals surface area contributed by atoms with Gasteiger partial charge in [-0.1, -0.05) is 35.0 Å². The quantitative estimate of drug-likeness (QED) is 0.755. The van der Waals surface area contributed by atoms with Crippen LogP contribution in [0.5, 0.6) is 0 Å². The van der Waals surface area contributed by atoms with Crippen molar-refractivity contribution < 1.29 is 4.79 Å². The Morgan fingerprint density at radius 3 is 2.48 bits per heavy atom. The molecule has 1 heterocycles. The number of benzene rings is 1. The van der Waals surface area contributed by atoms with E-state index in [1.807, 2.05) is 12.1 Å². The van der Waals surface area contributed by atoms with E-state index in [1.165, 1.54) is 18.4 Å². The van der Waals surface area contributed by atoms with Crippen molar-refractivity contribution >= 4 is 34.2 Å². The molecule has 1 aromatic rings. The van der Waals surface area contributed by atoms with Gasteiger partial charge in [-0.3, -0.25) is 4.79 Å². The lowest BCUT2D eigenvalue weighted by Gasteiger charge is -2.28. The van der Waals surface area contributed by atoms with Gasteiger partial charge in [0.1, 0.15) is 0 Å². The van der Waals surface area contributed by atoms with Crippen molar-refractivity contribution in [2.24, 2.45) is 11.8 Å². The lowest BCUT2D eigenvalue weighted by Crippen LogP contribution is -2.37. The van der Waals surface area contributed by atoms with Crippen LogP contribution in [0.1, 0.15) is 38.7 Å². The van der Waals surface area contributed by atoms with Crippen LogP contribution < -0.4 is 10.6 Å². The molecule has 2 rings (SSSR count). The zero-order chi connectivity index (χ0) is 15.9. The van der Waals surface area contributed by atoms with Crippen molar-refractivity contribution in [1.82, 2.24) is 10.6 Å². The maximum Gasteiger partial charge on any atom is 0.220 e. The summed E-state index contributed by atoms with van der Waals surface area (Å²) in [6.45, 7) is 6.48. The summed E-state index contributed by atoms with van der Waals surface area (Å²) in [6, 6.07) is 8.47. The molecule has 0 aromatic heterocycles. The number of hydrogen-bond acceptors (Lipinski definition) is 2. The number of rotatable bonds is 6. The van der Waals surface area contributed by atoms with E-state index in [9.17, 15) is 4.79 Å². The fraction of sp³-hybridized carbons (Fsp3) is 0.611. The molecule has 0 aliphatic carbocycles. The topological polar surface area (TPSA) is 41.1 Å². The molecule has 23 heavy (non-hydrogen) atoms. The van der Waals surface area contributed by atoms with E-state index in [-0.39, 0.29) is 24.4 Å². The Morgan fingerprint density at radius 2 is 1.87 bits per heavy atom. The van der Waals surface area contributed by atoms with Gasteiger partial charge in [-0.2, -0.15) is 0 Å². The highest BCUT2D eigenvalue weighted by Crippen LogP contribution is 2.24. The molecule has 1 aliphatic heterocycles. The van der Waals surface area contributed by atoms with E-state index in [0.29, 0.717) is 18.3 Å². The van der Waals surface area contributed by atoms with Gasteiger partial charge >= 0.3 is 0 Å². The van der Waals surface area contributed by atoms with Gasteiger partial charge in [-0.25, -0.2) is 0 Å².